The molecule has 0 aliphatic carbocycles. The van der Waals surface area contributed by atoms with Gasteiger partial charge < -0.3 is 40.3 Å². The Morgan fingerprint density at radius 1 is 0.402 bits per heavy atom. The average Bonchev–Trinajstić information content (AvgIpc) is 3.47. The Morgan fingerprint density at radius 2 is 0.724 bits per heavy atom. The van der Waals surface area contributed by atoms with Crippen molar-refractivity contribution in [3.63, 3.8) is 0 Å². The van der Waals surface area contributed by atoms with Crippen LogP contribution in [0.1, 0.15) is 361 Å². The molecular weight excluding hydrogens is 1080 g/mol. The van der Waals surface area contributed by atoms with E-state index < -0.39 is 49.5 Å². The van der Waals surface area contributed by atoms with Crippen molar-refractivity contribution in [2.75, 3.05) is 13.2 Å². The molecule has 87 heavy (non-hydrogen) atoms. The van der Waals surface area contributed by atoms with E-state index in [0.29, 0.717) is 6.42 Å². The number of unbranched alkanes of at least 4 members (excludes halogenated alkanes) is 46. The van der Waals surface area contributed by atoms with Crippen LogP contribution >= 0.6 is 0 Å². The summed E-state index contributed by atoms with van der Waals surface area (Å²) in [5.74, 6) is -0.180. The molecule has 0 radical (unpaired) electrons. The summed E-state index contributed by atoms with van der Waals surface area (Å²) in [7, 11) is 0. The van der Waals surface area contributed by atoms with Crippen LogP contribution in [0.15, 0.2) is 72.9 Å². The number of amides is 1. The highest BCUT2D eigenvalue weighted by atomic mass is 16.7. The summed E-state index contributed by atoms with van der Waals surface area (Å²) >= 11 is 0. The van der Waals surface area contributed by atoms with Gasteiger partial charge in [-0.05, 0) is 70.6 Å². The molecule has 1 amide bonds. The van der Waals surface area contributed by atoms with Crippen molar-refractivity contribution in [2.24, 2.45) is 0 Å². The Bertz CT molecular complexity index is 1610. The molecule has 0 aromatic heterocycles. The number of nitrogens with one attached hydrogen (secondary N) is 1. The van der Waals surface area contributed by atoms with Gasteiger partial charge in [0.2, 0.25) is 5.91 Å². The van der Waals surface area contributed by atoms with Crippen molar-refractivity contribution in [3.05, 3.63) is 72.9 Å². The van der Waals surface area contributed by atoms with Crippen LogP contribution in [0.3, 0.4) is 0 Å². The first-order chi connectivity index (χ1) is 42.8. The molecule has 1 rings (SSSR count). The van der Waals surface area contributed by atoms with E-state index in [0.717, 1.165) is 64.2 Å². The molecule has 9 nitrogen and oxygen atoms in total. The van der Waals surface area contributed by atoms with Gasteiger partial charge in [-0.2, -0.15) is 0 Å². The van der Waals surface area contributed by atoms with Gasteiger partial charge in [-0.15, -0.1) is 0 Å². The minimum atomic E-state index is -1.57. The van der Waals surface area contributed by atoms with Crippen LogP contribution in [0.4, 0.5) is 0 Å². The lowest BCUT2D eigenvalue weighted by atomic mass is 9.99. The molecule has 0 aromatic carbocycles. The van der Waals surface area contributed by atoms with Gasteiger partial charge in [-0.1, -0.05) is 356 Å². The second-order valence-corrected chi connectivity index (χ2v) is 26.1. The third-order valence-corrected chi connectivity index (χ3v) is 17.8. The molecule has 0 saturated carbocycles. The molecule has 508 valence electrons. The topological polar surface area (TPSA) is 149 Å². The van der Waals surface area contributed by atoms with Crippen molar-refractivity contribution in [3.8, 4) is 0 Å². The normalized spacial score (nSPS) is 18.4. The minimum Gasteiger partial charge on any atom is -0.394 e. The lowest BCUT2D eigenvalue weighted by Crippen LogP contribution is -2.60. The van der Waals surface area contributed by atoms with E-state index in [2.05, 4.69) is 79.9 Å². The zero-order valence-electron chi connectivity index (χ0n) is 57.0. The van der Waals surface area contributed by atoms with Crippen molar-refractivity contribution in [2.45, 2.75) is 403 Å². The van der Waals surface area contributed by atoms with E-state index in [1.54, 1.807) is 6.08 Å². The first-order valence-electron chi connectivity index (χ1n) is 37.7. The lowest BCUT2D eigenvalue weighted by Gasteiger charge is -2.40. The smallest absolute Gasteiger partial charge is 0.220 e. The van der Waals surface area contributed by atoms with E-state index in [1.165, 1.54) is 276 Å². The van der Waals surface area contributed by atoms with Gasteiger partial charge in [0, 0.05) is 6.42 Å². The van der Waals surface area contributed by atoms with Gasteiger partial charge in [-0.25, -0.2) is 0 Å². The fraction of sp³-hybridized carbons (Fsp3) is 0.833. The zero-order chi connectivity index (χ0) is 62.8. The molecule has 1 fully saturated rings. The summed E-state index contributed by atoms with van der Waals surface area (Å²) in [5.41, 5.74) is 0. The maximum Gasteiger partial charge on any atom is 0.220 e. The van der Waals surface area contributed by atoms with E-state index >= 15 is 0 Å². The minimum absolute atomic E-state index is 0.180. The average molecular weight is 1220 g/mol. The molecule has 7 atom stereocenters. The largest absolute Gasteiger partial charge is 0.394 e. The zero-order valence-corrected chi connectivity index (χ0v) is 57.0. The molecule has 6 N–H and O–H groups in total. The highest BCUT2D eigenvalue weighted by Crippen LogP contribution is 2.24. The Hall–Kier alpha value is -2.37. The highest BCUT2D eigenvalue weighted by molar-refractivity contribution is 5.76. The first-order valence-corrected chi connectivity index (χ1v) is 37.7. The predicted molar refractivity (Wildman–Crippen MR) is 373 cm³/mol. The van der Waals surface area contributed by atoms with Crippen LogP contribution in [0, 0.1) is 0 Å². The Balaban J connectivity index is 2.06. The number of rotatable bonds is 66. The van der Waals surface area contributed by atoms with Crippen LogP contribution in [-0.2, 0) is 14.3 Å². The summed E-state index contributed by atoms with van der Waals surface area (Å²) in [4.78, 5) is 13.1. The molecular formula is C78H143NO8. The van der Waals surface area contributed by atoms with Gasteiger partial charge in [-0.3, -0.25) is 4.79 Å². The van der Waals surface area contributed by atoms with Crippen molar-refractivity contribution < 1.29 is 39.8 Å². The van der Waals surface area contributed by atoms with Crippen molar-refractivity contribution >= 4 is 5.91 Å². The molecule has 1 saturated heterocycles. The monoisotopic (exact) mass is 1220 g/mol. The quantitative estimate of drug-likeness (QED) is 0.0261. The fourth-order valence-electron chi connectivity index (χ4n) is 11.9. The molecule has 1 aliphatic rings. The van der Waals surface area contributed by atoms with Gasteiger partial charge >= 0.3 is 0 Å². The Morgan fingerprint density at radius 3 is 1.10 bits per heavy atom. The summed E-state index contributed by atoms with van der Waals surface area (Å²) in [5, 5.41) is 54.8. The number of carbonyl (C=O) groups excluding carboxylic acids is 1. The number of aliphatic hydroxyl groups is 5. The summed E-state index contributed by atoms with van der Waals surface area (Å²) in [6, 6.07) is -0.823. The number of aliphatic hydroxyl groups excluding tert-OH is 5. The summed E-state index contributed by atoms with van der Waals surface area (Å²) < 4.78 is 11.3. The van der Waals surface area contributed by atoms with Crippen molar-refractivity contribution in [1.29, 1.82) is 0 Å². The highest BCUT2D eigenvalue weighted by Gasteiger charge is 2.44. The second kappa shape index (κ2) is 66.5. The number of ether oxygens (including phenoxy) is 2. The van der Waals surface area contributed by atoms with Crippen LogP contribution < -0.4 is 5.32 Å². The third kappa shape index (κ3) is 55.0. The summed E-state index contributed by atoms with van der Waals surface area (Å²) in [6.07, 6.45) is 87.6. The van der Waals surface area contributed by atoms with Crippen LogP contribution in [0.2, 0.25) is 0 Å². The third-order valence-electron chi connectivity index (χ3n) is 17.8. The lowest BCUT2D eigenvalue weighted by molar-refractivity contribution is -0.302. The standard InChI is InChI=1S/C78H143NO8/c1-3-5-7-9-11-13-15-17-19-21-23-25-27-28-29-30-31-32-33-34-35-36-37-38-39-40-41-42-43-44-46-48-50-52-54-56-58-60-62-64-66-68-74(82)79-71(70-86-78-77(85)76(84)75(83)73(69-80)87-78)72(81)67-65-63-61-59-57-55-53-51-49-47-45-26-24-22-20-18-16-14-12-10-8-6-4-2/h5,7,11,13,17,19,23,25,57,59,65,67,71-73,75-78,80-81,83-85H,3-4,6,8-10,12,14-16,18,20-22,24,26-56,58,60-64,66,68-70H2,1-2H3,(H,79,82)/b7-5-,13-11-,19-17-,25-23-,59-57+,67-65+. The summed E-state index contributed by atoms with van der Waals surface area (Å²) in [6.45, 7) is 3.70. The molecule has 0 bridgehead atoms. The Labute approximate surface area is 538 Å². The van der Waals surface area contributed by atoms with Crippen LogP contribution in [0.5, 0.6) is 0 Å². The van der Waals surface area contributed by atoms with Gasteiger partial charge in [0.05, 0.1) is 25.4 Å². The van der Waals surface area contributed by atoms with E-state index in [1.807, 2.05) is 6.08 Å². The van der Waals surface area contributed by atoms with Gasteiger partial charge in [0.15, 0.2) is 6.29 Å². The molecule has 0 spiro atoms. The number of allylic oxidation sites excluding steroid dienone is 11. The van der Waals surface area contributed by atoms with Gasteiger partial charge in [0.25, 0.3) is 0 Å². The molecule has 0 aromatic rings. The predicted octanol–water partition coefficient (Wildman–Crippen LogP) is 21.1. The SMILES string of the molecule is CC/C=C\C/C=C\C/C=C\C/C=C\CCCCCCCCCCCCCCCCCCCCCCCCCCCCCCC(=O)NC(COC1OC(CO)C(O)C(O)C1O)C(O)/C=C/CC/C=C/CCCCCCCCCCCCCCCCCCC. The molecule has 1 aliphatic heterocycles. The van der Waals surface area contributed by atoms with Crippen LogP contribution in [0.25, 0.3) is 0 Å². The van der Waals surface area contributed by atoms with E-state index in [9.17, 15) is 30.3 Å². The number of hydrogen-bond acceptors (Lipinski definition) is 8. The van der Waals surface area contributed by atoms with Crippen molar-refractivity contribution in [1.82, 2.24) is 5.32 Å². The second-order valence-electron chi connectivity index (χ2n) is 26.1. The van der Waals surface area contributed by atoms with Gasteiger partial charge in [0.1, 0.15) is 24.4 Å². The maximum absolute atomic E-state index is 13.1. The van der Waals surface area contributed by atoms with Crippen LogP contribution in [-0.4, -0.2) is 87.5 Å². The molecule has 7 unspecified atom stereocenters. The maximum atomic E-state index is 13.1. The molecule has 1 heterocycles. The Kier molecular flexibility index (Phi) is 63.2. The molecule has 9 heteroatoms. The number of carbonyl (C=O) groups is 1. The van der Waals surface area contributed by atoms with E-state index in [-0.39, 0.29) is 12.5 Å². The fourth-order valence-corrected chi connectivity index (χ4v) is 11.9. The number of hydrogen-bond donors (Lipinski definition) is 6. The first kappa shape index (κ1) is 82.6. The van der Waals surface area contributed by atoms with E-state index in [4.69, 9.17) is 9.47 Å².